The number of hydrogen-bond acceptors (Lipinski definition) is 3. The lowest BCUT2D eigenvalue weighted by molar-refractivity contribution is 0.0304. The summed E-state index contributed by atoms with van der Waals surface area (Å²) in [5, 5.41) is 0.524. The van der Waals surface area contributed by atoms with Crippen LogP contribution in [0.1, 0.15) is 23.2 Å². The van der Waals surface area contributed by atoms with Crippen LogP contribution in [0.3, 0.4) is 0 Å². The number of hydrogen-bond donors (Lipinski definition) is 0. The van der Waals surface area contributed by atoms with E-state index in [2.05, 4.69) is 4.90 Å². The number of fused-ring (bicyclic) bond motifs is 2. The fraction of sp³-hybridized carbons (Fsp3) is 0.462. The van der Waals surface area contributed by atoms with E-state index < -0.39 is 0 Å². The molecule has 0 spiro atoms. The molecule has 90 valence electrons. The number of aldehydes is 1. The molecule has 2 bridgehead atoms. The molecule has 3 nitrogen and oxygen atoms in total. The number of anilines is 1. The van der Waals surface area contributed by atoms with Crippen molar-refractivity contribution in [1.82, 2.24) is 0 Å². The molecule has 2 atom stereocenters. The second kappa shape index (κ2) is 4.31. The quantitative estimate of drug-likeness (QED) is 0.757. The normalized spacial score (nSPS) is 27.2. The Morgan fingerprint density at radius 1 is 1.29 bits per heavy atom. The van der Waals surface area contributed by atoms with Gasteiger partial charge < -0.3 is 9.64 Å². The highest BCUT2D eigenvalue weighted by atomic mass is 35.5. The Morgan fingerprint density at radius 2 is 2.00 bits per heavy atom. The summed E-state index contributed by atoms with van der Waals surface area (Å²) < 4.78 is 5.79. The highest BCUT2D eigenvalue weighted by Crippen LogP contribution is 2.32. The molecular formula is C13H14ClNO2. The topological polar surface area (TPSA) is 29.5 Å². The van der Waals surface area contributed by atoms with Gasteiger partial charge in [0.25, 0.3) is 0 Å². The van der Waals surface area contributed by atoms with E-state index in [9.17, 15) is 4.79 Å². The molecular weight excluding hydrogens is 238 g/mol. The lowest BCUT2D eigenvalue weighted by Crippen LogP contribution is -2.43. The Balaban J connectivity index is 1.94. The zero-order valence-corrected chi connectivity index (χ0v) is 10.2. The molecule has 3 rings (SSSR count). The zero-order valence-electron chi connectivity index (χ0n) is 9.43. The lowest BCUT2D eigenvalue weighted by atomic mass is 10.1. The van der Waals surface area contributed by atoms with Crippen LogP contribution in [-0.4, -0.2) is 31.6 Å². The summed E-state index contributed by atoms with van der Waals surface area (Å²) in [4.78, 5) is 13.4. The van der Waals surface area contributed by atoms with E-state index >= 15 is 0 Å². The first-order valence-corrected chi connectivity index (χ1v) is 6.30. The van der Waals surface area contributed by atoms with Gasteiger partial charge in [0, 0.05) is 18.8 Å². The van der Waals surface area contributed by atoms with Crippen LogP contribution in [-0.2, 0) is 4.74 Å². The van der Waals surface area contributed by atoms with Crippen LogP contribution in [0.4, 0.5) is 5.69 Å². The van der Waals surface area contributed by atoms with Crippen LogP contribution in [0.5, 0.6) is 0 Å². The Morgan fingerprint density at radius 3 is 2.65 bits per heavy atom. The maximum absolute atomic E-state index is 11.1. The van der Waals surface area contributed by atoms with E-state index in [-0.39, 0.29) is 0 Å². The Bertz CT molecular complexity index is 437. The van der Waals surface area contributed by atoms with Gasteiger partial charge in [-0.2, -0.15) is 0 Å². The molecule has 4 heteroatoms. The van der Waals surface area contributed by atoms with Crippen LogP contribution in [0.2, 0.25) is 5.02 Å². The van der Waals surface area contributed by atoms with Gasteiger partial charge in [0.15, 0.2) is 6.29 Å². The second-order valence-corrected chi connectivity index (χ2v) is 5.06. The highest BCUT2D eigenvalue weighted by molar-refractivity contribution is 6.33. The number of ether oxygens (including phenoxy) is 1. The first kappa shape index (κ1) is 11.1. The van der Waals surface area contributed by atoms with Gasteiger partial charge in [-0.05, 0) is 25.0 Å². The average Bonchev–Trinajstić information content (AvgIpc) is 2.68. The number of morpholine rings is 1. The molecule has 1 aromatic carbocycles. The van der Waals surface area contributed by atoms with Gasteiger partial charge in [0.2, 0.25) is 0 Å². The van der Waals surface area contributed by atoms with Gasteiger partial charge in [-0.25, -0.2) is 0 Å². The SMILES string of the molecule is O=Cc1c(Cl)cccc1N1CC2CCC(C1)O2. The van der Waals surface area contributed by atoms with Crippen molar-refractivity contribution in [2.75, 3.05) is 18.0 Å². The number of carbonyl (C=O) groups excluding carboxylic acids is 1. The standard InChI is InChI=1S/C13H14ClNO2/c14-12-2-1-3-13(11(12)8-16)15-6-9-4-5-10(7-15)17-9/h1-3,8-10H,4-7H2. The molecule has 2 unspecified atom stereocenters. The van der Waals surface area contributed by atoms with Crippen molar-refractivity contribution in [3.8, 4) is 0 Å². The third-order valence-corrected chi connectivity index (χ3v) is 3.86. The summed E-state index contributed by atoms with van der Waals surface area (Å²) in [5.41, 5.74) is 1.53. The van der Waals surface area contributed by atoms with Crippen molar-refractivity contribution in [2.45, 2.75) is 25.0 Å². The molecule has 2 aliphatic heterocycles. The number of nitrogens with zero attached hydrogens (tertiary/aromatic N) is 1. The van der Waals surface area contributed by atoms with Crippen molar-refractivity contribution in [2.24, 2.45) is 0 Å². The van der Waals surface area contributed by atoms with E-state index in [4.69, 9.17) is 16.3 Å². The minimum atomic E-state index is 0.312. The van der Waals surface area contributed by atoms with Crippen molar-refractivity contribution in [3.05, 3.63) is 28.8 Å². The molecule has 2 aliphatic rings. The third kappa shape index (κ3) is 1.94. The summed E-state index contributed by atoms with van der Waals surface area (Å²) >= 11 is 6.05. The maximum Gasteiger partial charge on any atom is 0.153 e. The van der Waals surface area contributed by atoms with E-state index in [1.54, 1.807) is 6.07 Å². The molecule has 1 aromatic rings. The van der Waals surface area contributed by atoms with Crippen molar-refractivity contribution >= 4 is 23.6 Å². The maximum atomic E-state index is 11.1. The van der Waals surface area contributed by atoms with Gasteiger partial charge in [-0.3, -0.25) is 4.79 Å². The number of rotatable bonds is 2. The highest BCUT2D eigenvalue weighted by Gasteiger charge is 2.34. The molecule has 2 saturated heterocycles. The molecule has 0 N–H and O–H groups in total. The summed E-state index contributed by atoms with van der Waals surface area (Å²) in [6.45, 7) is 1.72. The molecule has 2 heterocycles. The summed E-state index contributed by atoms with van der Waals surface area (Å²) in [7, 11) is 0. The van der Waals surface area contributed by atoms with Gasteiger partial charge in [-0.15, -0.1) is 0 Å². The number of halogens is 1. The van der Waals surface area contributed by atoms with Crippen LogP contribution in [0.25, 0.3) is 0 Å². The predicted octanol–water partition coefficient (Wildman–Crippen LogP) is 2.52. The van der Waals surface area contributed by atoms with E-state index in [0.717, 1.165) is 37.9 Å². The van der Waals surface area contributed by atoms with E-state index in [0.29, 0.717) is 22.8 Å². The first-order valence-electron chi connectivity index (χ1n) is 5.92. The van der Waals surface area contributed by atoms with Crippen molar-refractivity contribution in [3.63, 3.8) is 0 Å². The Kier molecular flexibility index (Phi) is 2.81. The van der Waals surface area contributed by atoms with Crippen molar-refractivity contribution in [1.29, 1.82) is 0 Å². The zero-order chi connectivity index (χ0) is 11.8. The van der Waals surface area contributed by atoms with Gasteiger partial charge >= 0.3 is 0 Å². The fourth-order valence-electron chi connectivity index (χ4n) is 2.73. The molecule has 2 fully saturated rings. The largest absolute Gasteiger partial charge is 0.371 e. The minimum Gasteiger partial charge on any atom is -0.371 e. The molecule has 0 saturated carbocycles. The van der Waals surface area contributed by atoms with E-state index in [1.807, 2.05) is 12.1 Å². The summed E-state index contributed by atoms with van der Waals surface area (Å²) in [6.07, 6.45) is 3.71. The van der Waals surface area contributed by atoms with Crippen LogP contribution in [0, 0.1) is 0 Å². The predicted molar refractivity (Wildman–Crippen MR) is 66.9 cm³/mol. The van der Waals surface area contributed by atoms with Gasteiger partial charge in [0.05, 0.1) is 22.8 Å². The summed E-state index contributed by atoms with van der Waals surface area (Å²) in [5.74, 6) is 0. The molecule has 17 heavy (non-hydrogen) atoms. The lowest BCUT2D eigenvalue weighted by Gasteiger charge is -2.34. The van der Waals surface area contributed by atoms with Crippen LogP contribution >= 0.6 is 11.6 Å². The third-order valence-electron chi connectivity index (χ3n) is 3.53. The van der Waals surface area contributed by atoms with E-state index in [1.165, 1.54) is 0 Å². The Labute approximate surface area is 105 Å². The molecule has 0 aromatic heterocycles. The minimum absolute atomic E-state index is 0.312. The molecule has 0 radical (unpaired) electrons. The number of benzene rings is 1. The second-order valence-electron chi connectivity index (χ2n) is 4.65. The molecule has 0 amide bonds. The van der Waals surface area contributed by atoms with Crippen LogP contribution < -0.4 is 4.90 Å². The first-order chi connectivity index (χ1) is 8.28. The smallest absolute Gasteiger partial charge is 0.153 e. The monoisotopic (exact) mass is 251 g/mol. The van der Waals surface area contributed by atoms with Crippen molar-refractivity contribution < 1.29 is 9.53 Å². The Hall–Kier alpha value is -1.06. The molecule has 0 aliphatic carbocycles. The van der Waals surface area contributed by atoms with Gasteiger partial charge in [-0.1, -0.05) is 17.7 Å². The van der Waals surface area contributed by atoms with Crippen LogP contribution in [0.15, 0.2) is 18.2 Å². The number of carbonyl (C=O) groups is 1. The average molecular weight is 252 g/mol. The van der Waals surface area contributed by atoms with Gasteiger partial charge in [0.1, 0.15) is 0 Å². The summed E-state index contributed by atoms with van der Waals surface area (Å²) in [6, 6.07) is 5.60. The fourth-order valence-corrected chi connectivity index (χ4v) is 2.94.